The molecule has 4 heteroatoms. The molecule has 0 unspecified atom stereocenters. The van der Waals surface area contributed by atoms with Gasteiger partial charge in [-0.2, -0.15) is 0 Å². The number of fused-ring (bicyclic) bond motifs is 8. The van der Waals surface area contributed by atoms with Crippen LogP contribution < -0.4 is 0 Å². The Balaban J connectivity index is 1.40. The van der Waals surface area contributed by atoms with Gasteiger partial charge in [0, 0.05) is 38.8 Å². The summed E-state index contributed by atoms with van der Waals surface area (Å²) in [6.07, 6.45) is 23.8. The van der Waals surface area contributed by atoms with Crippen LogP contribution in [0.15, 0.2) is 158 Å². The highest BCUT2D eigenvalue weighted by Crippen LogP contribution is 2.35. The first-order chi connectivity index (χ1) is 27.7. The monoisotopic (exact) mass is 718 g/mol. The maximum Gasteiger partial charge on any atom is 0.0803 e. The lowest BCUT2D eigenvalue weighted by molar-refractivity contribution is 1.30. The van der Waals surface area contributed by atoms with Crippen LogP contribution in [0.3, 0.4) is 0 Å². The Morgan fingerprint density at radius 1 is 0.375 bits per heavy atom. The van der Waals surface area contributed by atoms with Gasteiger partial charge in [0.05, 0.1) is 28.3 Å². The van der Waals surface area contributed by atoms with Crippen LogP contribution >= 0.6 is 0 Å². The van der Waals surface area contributed by atoms with Crippen LogP contribution in [0.5, 0.6) is 0 Å². The van der Waals surface area contributed by atoms with Crippen molar-refractivity contribution in [1.82, 2.24) is 19.9 Å². The van der Waals surface area contributed by atoms with E-state index in [1.165, 1.54) is 0 Å². The van der Waals surface area contributed by atoms with Gasteiger partial charge >= 0.3 is 0 Å². The molecule has 0 fully saturated rings. The summed E-state index contributed by atoms with van der Waals surface area (Å²) in [7, 11) is 0. The second kappa shape index (κ2) is 15.8. The number of nitrogens with zero attached hydrogens (tertiary/aromatic N) is 2. The molecule has 8 bridgehead atoms. The standard InChI is InChI=1S/C52H38N4/c1-5-13-37(14-6-1)21-25-41-33-46-35-44-27-26-42(53-44)34-43-28-29-45(54-43)36-50-47(30-22-38-15-7-2-8-16-38)48(31-23-39-17-9-3-10-18-39)52(56-50)49(51(41)55-46)32-24-40-19-11-4-12-20-40/h1-36,53,56H/b25-21+,30-22+,31-23+,32-24+,42-34?,43-34?,44-35?,45-36?,46-35?,50-36?,51-49?,52-49?. The van der Waals surface area contributed by atoms with E-state index in [9.17, 15) is 0 Å². The molecular formula is C52H38N4. The van der Waals surface area contributed by atoms with Gasteiger partial charge in [-0.15, -0.1) is 0 Å². The predicted molar refractivity (Wildman–Crippen MR) is 239 cm³/mol. The van der Waals surface area contributed by atoms with E-state index in [0.29, 0.717) is 0 Å². The van der Waals surface area contributed by atoms with Crippen LogP contribution in [-0.4, -0.2) is 19.9 Å². The van der Waals surface area contributed by atoms with E-state index < -0.39 is 0 Å². The van der Waals surface area contributed by atoms with Gasteiger partial charge in [0.2, 0.25) is 0 Å². The molecule has 0 saturated carbocycles. The summed E-state index contributed by atoms with van der Waals surface area (Å²) < 4.78 is 0. The molecule has 2 N–H and O–H groups in total. The quantitative estimate of drug-likeness (QED) is 0.164. The lowest BCUT2D eigenvalue weighted by Crippen LogP contribution is -1.89. The molecule has 2 aliphatic rings. The Kier molecular flexibility index (Phi) is 9.66. The van der Waals surface area contributed by atoms with Crippen molar-refractivity contribution in [2.24, 2.45) is 0 Å². The van der Waals surface area contributed by atoms with Crippen molar-refractivity contribution in [3.63, 3.8) is 0 Å². The second-order valence-electron chi connectivity index (χ2n) is 13.7. The number of rotatable bonds is 8. The molecule has 0 amide bonds. The van der Waals surface area contributed by atoms with Crippen LogP contribution in [-0.2, 0) is 0 Å². The van der Waals surface area contributed by atoms with Gasteiger partial charge < -0.3 is 9.97 Å². The number of nitrogens with one attached hydrogen (secondary N) is 2. The molecule has 4 nitrogen and oxygen atoms in total. The highest BCUT2D eigenvalue weighted by atomic mass is 14.8. The highest BCUT2D eigenvalue weighted by molar-refractivity contribution is 6.02. The third-order valence-electron chi connectivity index (χ3n) is 9.75. The van der Waals surface area contributed by atoms with Crippen molar-refractivity contribution in [1.29, 1.82) is 0 Å². The van der Waals surface area contributed by atoms with Crippen molar-refractivity contribution in [3.8, 4) is 0 Å². The van der Waals surface area contributed by atoms with Gasteiger partial charge in [-0.1, -0.05) is 170 Å². The van der Waals surface area contributed by atoms with Crippen molar-refractivity contribution in [3.05, 3.63) is 219 Å². The number of H-pyrrole nitrogens is 2. The molecule has 0 spiro atoms. The average Bonchev–Trinajstić information content (AvgIpc) is 4.05. The second-order valence-corrected chi connectivity index (χ2v) is 13.7. The smallest absolute Gasteiger partial charge is 0.0803 e. The molecule has 0 radical (unpaired) electrons. The van der Waals surface area contributed by atoms with Gasteiger partial charge in [-0.05, 0) is 70.8 Å². The SMILES string of the molecule is C1=Cc2cc3[nH]c(c(/C=C/c4ccccc4)c4nc(cc5ccc(cc1n2)[nH]5)C=C4/C=C/c1ccccc1)c(/C=C/c1ccccc1)c3/C=C/c1ccccc1. The minimum atomic E-state index is 0.858. The Labute approximate surface area is 326 Å². The van der Waals surface area contributed by atoms with Crippen LogP contribution in [0.25, 0.3) is 88.4 Å². The molecule has 56 heavy (non-hydrogen) atoms. The molecular weight excluding hydrogens is 681 g/mol. The van der Waals surface area contributed by atoms with Gasteiger partial charge in [0.15, 0.2) is 0 Å². The fraction of sp³-hybridized carbons (Fsp3) is 0. The van der Waals surface area contributed by atoms with E-state index in [2.05, 4.69) is 204 Å². The van der Waals surface area contributed by atoms with E-state index in [1.54, 1.807) is 0 Å². The molecule has 3 aromatic heterocycles. The van der Waals surface area contributed by atoms with Crippen LogP contribution in [0.1, 0.15) is 61.7 Å². The summed E-state index contributed by atoms with van der Waals surface area (Å²) in [5.41, 5.74) is 15.8. The Morgan fingerprint density at radius 2 is 0.839 bits per heavy atom. The summed E-state index contributed by atoms with van der Waals surface area (Å²) in [6.45, 7) is 0. The van der Waals surface area contributed by atoms with Crippen molar-refractivity contribution in [2.75, 3.05) is 0 Å². The fourth-order valence-electron chi connectivity index (χ4n) is 6.98. The molecule has 0 saturated heterocycles. The van der Waals surface area contributed by atoms with E-state index in [0.717, 1.165) is 89.4 Å². The number of benzene rings is 4. The van der Waals surface area contributed by atoms with Crippen molar-refractivity contribution in [2.45, 2.75) is 0 Å². The number of aromatic nitrogens is 4. The van der Waals surface area contributed by atoms with Crippen LogP contribution in [0.4, 0.5) is 0 Å². The topological polar surface area (TPSA) is 57.4 Å². The van der Waals surface area contributed by atoms with Gasteiger partial charge in [-0.25, -0.2) is 9.97 Å². The minimum absolute atomic E-state index is 0.858. The van der Waals surface area contributed by atoms with Gasteiger partial charge in [0.1, 0.15) is 0 Å². The Bertz CT molecular complexity index is 2870. The van der Waals surface area contributed by atoms with E-state index in [-0.39, 0.29) is 0 Å². The first-order valence-corrected chi connectivity index (χ1v) is 18.8. The summed E-state index contributed by atoms with van der Waals surface area (Å²) >= 11 is 0. The molecule has 0 aliphatic carbocycles. The predicted octanol–water partition coefficient (Wildman–Crippen LogP) is 13.3. The van der Waals surface area contributed by atoms with Crippen LogP contribution in [0, 0.1) is 0 Å². The first kappa shape index (κ1) is 34.2. The summed E-state index contributed by atoms with van der Waals surface area (Å²) in [5, 5.41) is 0. The molecule has 4 aromatic carbocycles. The lowest BCUT2D eigenvalue weighted by Gasteiger charge is -2.05. The maximum atomic E-state index is 5.40. The average molecular weight is 719 g/mol. The maximum absolute atomic E-state index is 5.40. The Morgan fingerprint density at radius 3 is 1.39 bits per heavy atom. The highest BCUT2D eigenvalue weighted by Gasteiger charge is 2.18. The Hall–Kier alpha value is -7.56. The largest absolute Gasteiger partial charge is 0.355 e. The number of hydrogen-bond donors (Lipinski definition) is 2. The zero-order valence-electron chi connectivity index (χ0n) is 30.7. The third-order valence-corrected chi connectivity index (χ3v) is 9.75. The minimum Gasteiger partial charge on any atom is -0.355 e. The summed E-state index contributed by atoms with van der Waals surface area (Å²) in [5.74, 6) is 0. The van der Waals surface area contributed by atoms with E-state index in [1.807, 2.05) is 24.3 Å². The van der Waals surface area contributed by atoms with Crippen LogP contribution in [0.2, 0.25) is 0 Å². The fourth-order valence-corrected chi connectivity index (χ4v) is 6.98. The van der Waals surface area contributed by atoms with E-state index >= 15 is 0 Å². The summed E-state index contributed by atoms with van der Waals surface area (Å²) in [6, 6.07) is 52.2. The summed E-state index contributed by atoms with van der Waals surface area (Å²) in [4.78, 5) is 17.9. The molecule has 266 valence electrons. The number of aromatic amines is 2. The number of hydrogen-bond acceptors (Lipinski definition) is 2. The van der Waals surface area contributed by atoms with E-state index in [4.69, 9.17) is 9.97 Å². The van der Waals surface area contributed by atoms with Gasteiger partial charge in [0.25, 0.3) is 0 Å². The third kappa shape index (κ3) is 7.86. The molecule has 5 heterocycles. The zero-order chi connectivity index (χ0) is 37.5. The molecule has 2 aliphatic heterocycles. The molecule has 9 rings (SSSR count). The molecule has 7 aromatic rings. The van der Waals surface area contributed by atoms with Gasteiger partial charge in [-0.3, -0.25) is 0 Å². The van der Waals surface area contributed by atoms with Crippen molar-refractivity contribution >= 4 is 88.4 Å². The number of allylic oxidation sites excluding steroid dienone is 2. The molecule has 0 atom stereocenters. The normalized spacial score (nSPS) is 12.8. The van der Waals surface area contributed by atoms with Crippen molar-refractivity contribution < 1.29 is 0 Å². The first-order valence-electron chi connectivity index (χ1n) is 18.8. The zero-order valence-corrected chi connectivity index (χ0v) is 30.7. The lowest BCUT2D eigenvalue weighted by atomic mass is 10.00.